The van der Waals surface area contributed by atoms with Crippen LogP contribution in [0.1, 0.15) is 25.7 Å². The predicted molar refractivity (Wildman–Crippen MR) is 39.1 cm³/mol. The van der Waals surface area contributed by atoms with Gasteiger partial charge in [-0.25, -0.2) is 0 Å². The minimum absolute atomic E-state index is 0.0613. The van der Waals surface area contributed by atoms with E-state index in [0.29, 0.717) is 4.75 Å². The van der Waals surface area contributed by atoms with Crippen molar-refractivity contribution in [2.24, 2.45) is 5.92 Å². The number of aliphatic carboxylic acids is 1. The van der Waals surface area contributed by atoms with E-state index in [2.05, 4.69) is 0 Å². The number of carboxylic acids is 1. The van der Waals surface area contributed by atoms with Crippen LogP contribution >= 0.6 is 0 Å². The van der Waals surface area contributed by atoms with E-state index in [1.54, 1.807) is 0 Å². The van der Waals surface area contributed by atoms with Crippen molar-refractivity contribution < 1.29 is 9.90 Å². The van der Waals surface area contributed by atoms with Crippen LogP contribution in [0.5, 0.6) is 0 Å². The molecule has 2 nitrogen and oxygen atoms in total. The Morgan fingerprint density at radius 2 is 2.00 bits per heavy atom. The molecular weight excluding hydrogens is 189 g/mol. The molecule has 0 heterocycles. The molecule has 0 aromatic carbocycles. The zero-order valence-corrected chi connectivity index (χ0v) is 7.94. The van der Waals surface area contributed by atoms with Crippen LogP contribution in [-0.4, -0.2) is 27.6 Å². The fraction of sp³-hybridized carbons (Fsp3) is 0.857. The van der Waals surface area contributed by atoms with Gasteiger partial charge in [0.05, 0.1) is 0 Å². The molecule has 1 rings (SSSR count). The summed E-state index contributed by atoms with van der Waals surface area (Å²) in [6.45, 7) is 0. The van der Waals surface area contributed by atoms with Gasteiger partial charge in [-0.05, 0) is 0 Å². The summed E-state index contributed by atoms with van der Waals surface area (Å²) in [5.74, 6) is -0.666. The van der Waals surface area contributed by atoms with Crippen molar-refractivity contribution in [1.29, 1.82) is 0 Å². The fourth-order valence-electron chi connectivity index (χ4n) is 1.43. The maximum absolute atomic E-state index is 10.6. The zero-order chi connectivity index (χ0) is 7.56. The Hall–Kier alpha value is 0.0129. The summed E-state index contributed by atoms with van der Waals surface area (Å²) in [7, 11) is 0. The van der Waals surface area contributed by atoms with Gasteiger partial charge in [-0.2, -0.15) is 0 Å². The number of carboxylic acid groups (broad SMARTS) is 1. The molecule has 1 fully saturated rings. The minimum atomic E-state index is -0.604. The average molecular weight is 200 g/mol. The van der Waals surface area contributed by atoms with E-state index in [4.69, 9.17) is 5.11 Å². The molecule has 1 saturated carbocycles. The molecule has 2 atom stereocenters. The average Bonchev–Trinajstić information content (AvgIpc) is 1.88. The summed E-state index contributed by atoms with van der Waals surface area (Å²) in [5.41, 5.74) is 0. The van der Waals surface area contributed by atoms with Crippen molar-refractivity contribution in [3.8, 4) is 0 Å². The second kappa shape index (κ2) is 3.42. The van der Waals surface area contributed by atoms with Gasteiger partial charge < -0.3 is 0 Å². The maximum atomic E-state index is 10.6. The van der Waals surface area contributed by atoms with Crippen LogP contribution in [0.15, 0.2) is 0 Å². The third-order valence-electron chi connectivity index (χ3n) is 2.08. The topological polar surface area (TPSA) is 37.3 Å². The van der Waals surface area contributed by atoms with E-state index in [-0.39, 0.29) is 5.92 Å². The first kappa shape index (κ1) is 8.11. The number of carbonyl (C=O) groups is 1. The third kappa shape index (κ3) is 1.75. The monoisotopic (exact) mass is 201 g/mol. The molecule has 10 heavy (non-hydrogen) atoms. The van der Waals surface area contributed by atoms with Crippen molar-refractivity contribution in [3.63, 3.8) is 0 Å². The van der Waals surface area contributed by atoms with Crippen LogP contribution in [-0.2, 0) is 4.79 Å². The molecular formula is C7H11GeO2. The van der Waals surface area contributed by atoms with E-state index in [1.165, 1.54) is 6.42 Å². The SMILES string of the molecule is O=C(O)C1CCCC[CH]1[Ge]. The predicted octanol–water partition coefficient (Wildman–Crippen LogP) is 1.22. The molecule has 3 heteroatoms. The van der Waals surface area contributed by atoms with E-state index < -0.39 is 5.97 Å². The molecule has 1 aliphatic rings. The van der Waals surface area contributed by atoms with Crippen LogP contribution in [0, 0.1) is 5.92 Å². The van der Waals surface area contributed by atoms with Gasteiger partial charge in [0.2, 0.25) is 0 Å². The van der Waals surface area contributed by atoms with Crippen LogP contribution in [0.4, 0.5) is 0 Å². The zero-order valence-electron chi connectivity index (χ0n) is 5.84. The van der Waals surface area contributed by atoms with Gasteiger partial charge in [0.15, 0.2) is 0 Å². The molecule has 2 unspecified atom stereocenters. The van der Waals surface area contributed by atoms with Gasteiger partial charge in [0.1, 0.15) is 0 Å². The van der Waals surface area contributed by atoms with Crippen LogP contribution in [0.2, 0.25) is 4.75 Å². The van der Waals surface area contributed by atoms with Gasteiger partial charge >= 0.3 is 68.7 Å². The van der Waals surface area contributed by atoms with Crippen LogP contribution in [0.25, 0.3) is 0 Å². The molecule has 0 saturated heterocycles. The quantitative estimate of drug-likeness (QED) is 0.645. The normalized spacial score (nSPS) is 33.7. The number of hydrogen-bond acceptors (Lipinski definition) is 1. The molecule has 0 spiro atoms. The van der Waals surface area contributed by atoms with Crippen molar-refractivity contribution >= 4 is 22.5 Å². The van der Waals surface area contributed by atoms with Crippen molar-refractivity contribution in [2.45, 2.75) is 30.4 Å². The first-order chi connectivity index (χ1) is 4.72. The Morgan fingerprint density at radius 3 is 2.40 bits per heavy atom. The van der Waals surface area contributed by atoms with Crippen LogP contribution in [0.3, 0.4) is 0 Å². The number of rotatable bonds is 1. The van der Waals surface area contributed by atoms with Gasteiger partial charge in [0.25, 0.3) is 0 Å². The summed E-state index contributed by atoms with van der Waals surface area (Å²) < 4.78 is 0.395. The summed E-state index contributed by atoms with van der Waals surface area (Å²) in [5, 5.41) is 8.71. The molecule has 1 aliphatic carbocycles. The van der Waals surface area contributed by atoms with Gasteiger partial charge in [-0.3, -0.25) is 0 Å². The summed E-state index contributed by atoms with van der Waals surface area (Å²) >= 11 is 2.04. The first-order valence-corrected chi connectivity index (χ1v) is 4.87. The Morgan fingerprint density at radius 1 is 1.40 bits per heavy atom. The van der Waals surface area contributed by atoms with Crippen molar-refractivity contribution in [2.75, 3.05) is 0 Å². The molecule has 0 aliphatic heterocycles. The van der Waals surface area contributed by atoms with Gasteiger partial charge in [-0.15, -0.1) is 0 Å². The van der Waals surface area contributed by atoms with Crippen molar-refractivity contribution in [3.05, 3.63) is 0 Å². The van der Waals surface area contributed by atoms with Crippen LogP contribution < -0.4 is 0 Å². The van der Waals surface area contributed by atoms with Gasteiger partial charge in [0, 0.05) is 0 Å². The Labute approximate surface area is 69.2 Å². The fourth-order valence-corrected chi connectivity index (χ4v) is 2.50. The molecule has 3 radical (unpaired) electrons. The van der Waals surface area contributed by atoms with Crippen molar-refractivity contribution in [1.82, 2.24) is 0 Å². The molecule has 0 aromatic rings. The molecule has 55 valence electrons. The van der Waals surface area contributed by atoms with E-state index in [9.17, 15) is 4.79 Å². The molecule has 0 aromatic heterocycles. The second-order valence-electron chi connectivity index (χ2n) is 2.84. The summed E-state index contributed by atoms with van der Waals surface area (Å²) in [4.78, 5) is 10.6. The van der Waals surface area contributed by atoms with Gasteiger partial charge in [-0.1, -0.05) is 0 Å². The van der Waals surface area contributed by atoms with E-state index >= 15 is 0 Å². The summed E-state index contributed by atoms with van der Waals surface area (Å²) in [6, 6.07) is 0. The Balaban J connectivity index is 2.47. The van der Waals surface area contributed by atoms with E-state index in [1.807, 2.05) is 16.5 Å². The Kier molecular flexibility index (Phi) is 2.77. The molecule has 0 bridgehead atoms. The molecule has 1 N–H and O–H groups in total. The van der Waals surface area contributed by atoms with E-state index in [0.717, 1.165) is 19.3 Å². The third-order valence-corrected chi connectivity index (χ3v) is 3.53. The summed E-state index contributed by atoms with van der Waals surface area (Å²) in [6.07, 6.45) is 4.29. The Bertz CT molecular complexity index is 136. The second-order valence-corrected chi connectivity index (χ2v) is 4.39. The standard InChI is InChI=1S/C7H11GeO2/c8-6-4-2-1-3-5(6)7(9)10/h5-6H,1-4H2,(H,9,10). The first-order valence-electron chi connectivity index (χ1n) is 3.65. The number of hydrogen-bond donors (Lipinski definition) is 1. The molecule has 0 amide bonds.